The highest BCUT2D eigenvalue weighted by Gasteiger charge is 2.18. The molecule has 486 valence electrons. The van der Waals surface area contributed by atoms with Crippen LogP contribution in [0.25, 0.3) is 0 Å². The van der Waals surface area contributed by atoms with Crippen LogP contribution in [0.3, 0.4) is 0 Å². The molecule has 0 aliphatic carbocycles. The first-order chi connectivity index (χ1) is 41.0. The summed E-state index contributed by atoms with van der Waals surface area (Å²) in [5.41, 5.74) is 0. The summed E-state index contributed by atoms with van der Waals surface area (Å²) in [7, 11) is 0. The van der Waals surface area contributed by atoms with E-state index in [2.05, 4.69) is 67.8 Å². The zero-order valence-corrected chi connectivity index (χ0v) is 55.7. The molecular weight excluding hydrogens is 1020 g/mol. The van der Waals surface area contributed by atoms with Gasteiger partial charge in [0.05, 0.1) is 25.4 Å². The fraction of sp³-hybridized carbons (Fsp3) is 0.844. The van der Waals surface area contributed by atoms with Gasteiger partial charge in [-0.05, 0) is 96.3 Å². The molecule has 0 radical (unpaired) electrons. The van der Waals surface area contributed by atoms with Gasteiger partial charge in [-0.15, -0.1) is 0 Å². The van der Waals surface area contributed by atoms with E-state index in [1.807, 2.05) is 6.08 Å². The Labute approximate surface area is 518 Å². The zero-order chi connectivity index (χ0) is 59.9. The highest BCUT2D eigenvalue weighted by molar-refractivity contribution is 5.76. The van der Waals surface area contributed by atoms with Crippen LogP contribution < -0.4 is 5.32 Å². The molecule has 83 heavy (non-hydrogen) atoms. The number of unbranched alkanes of at least 4 members (excludes halogenated alkanes) is 50. The highest BCUT2D eigenvalue weighted by atomic mass is 16.5. The standard InChI is InChI=1S/C77H143NO5/c1-3-5-7-9-11-13-15-16-17-18-41-44-47-51-55-59-63-67-71-77(82)83-72-68-64-60-56-52-48-45-42-39-37-35-33-31-29-27-25-23-21-19-20-22-24-26-28-30-32-34-36-38-40-43-46-50-54-58-62-66-70-76(81)78-74(73-79)75(80)69-65-61-57-53-49-14-12-10-8-6-4-2/h13,15,17-19,21,25,27,65,69,74-75,79-80H,3-12,14,16,20,22-24,26,28-64,66-68,70-73H2,1-2H3,(H,78,81)/b15-13-,18-17-,21-19-,27-25-,69-65+. The maximum absolute atomic E-state index is 12.4. The van der Waals surface area contributed by atoms with Crippen molar-refractivity contribution < 1.29 is 24.5 Å². The van der Waals surface area contributed by atoms with Crippen LogP contribution in [0.15, 0.2) is 60.8 Å². The van der Waals surface area contributed by atoms with Gasteiger partial charge in [-0.25, -0.2) is 0 Å². The Bertz CT molecular complexity index is 1430. The van der Waals surface area contributed by atoms with Crippen molar-refractivity contribution in [1.82, 2.24) is 5.32 Å². The Kier molecular flexibility index (Phi) is 69.9. The van der Waals surface area contributed by atoms with E-state index in [9.17, 15) is 19.8 Å². The van der Waals surface area contributed by atoms with Gasteiger partial charge in [0.2, 0.25) is 5.91 Å². The average Bonchev–Trinajstić information content (AvgIpc) is 3.49. The minimum absolute atomic E-state index is 0.0111. The second-order valence-electron chi connectivity index (χ2n) is 25.3. The molecule has 0 bridgehead atoms. The smallest absolute Gasteiger partial charge is 0.305 e. The van der Waals surface area contributed by atoms with E-state index in [4.69, 9.17) is 4.74 Å². The lowest BCUT2D eigenvalue weighted by molar-refractivity contribution is -0.143. The molecule has 0 rings (SSSR count). The maximum Gasteiger partial charge on any atom is 0.305 e. The zero-order valence-electron chi connectivity index (χ0n) is 55.7. The fourth-order valence-electron chi connectivity index (χ4n) is 11.3. The SMILES string of the molecule is CCCCCC/C=C\C/C=C\CCCCCCCCCC(=O)OCCCCCCCCCCCCCCC/C=C\C/C=C\CCCCCCCCCCCCCCCCCCCC(=O)NC(CO)C(O)/C=C/CCCCCCCCCCC. The van der Waals surface area contributed by atoms with Crippen molar-refractivity contribution >= 4 is 11.9 Å². The molecule has 0 aliphatic heterocycles. The number of carbonyl (C=O) groups excluding carboxylic acids is 2. The first-order valence-corrected chi connectivity index (χ1v) is 37.1. The number of esters is 1. The van der Waals surface area contributed by atoms with Gasteiger partial charge in [0, 0.05) is 12.8 Å². The number of ether oxygens (including phenoxy) is 1. The molecule has 0 fully saturated rings. The second kappa shape index (κ2) is 72.0. The molecule has 0 aliphatic rings. The average molecular weight is 1160 g/mol. The highest BCUT2D eigenvalue weighted by Crippen LogP contribution is 2.18. The summed E-state index contributed by atoms with van der Waals surface area (Å²) in [5.74, 6) is -0.0545. The van der Waals surface area contributed by atoms with Crippen LogP contribution in [0.2, 0.25) is 0 Å². The lowest BCUT2D eigenvalue weighted by atomic mass is 10.0. The normalized spacial score (nSPS) is 12.9. The summed E-state index contributed by atoms with van der Waals surface area (Å²) >= 11 is 0. The Morgan fingerprint density at radius 2 is 0.602 bits per heavy atom. The summed E-state index contributed by atoms with van der Waals surface area (Å²) in [6.07, 6.45) is 96.2. The summed E-state index contributed by atoms with van der Waals surface area (Å²) in [6.45, 7) is 4.89. The number of amides is 1. The van der Waals surface area contributed by atoms with Crippen molar-refractivity contribution in [3.63, 3.8) is 0 Å². The molecule has 2 unspecified atom stereocenters. The van der Waals surface area contributed by atoms with Crippen LogP contribution in [0.4, 0.5) is 0 Å². The van der Waals surface area contributed by atoms with Gasteiger partial charge in [-0.2, -0.15) is 0 Å². The molecule has 2 atom stereocenters. The van der Waals surface area contributed by atoms with Crippen LogP contribution in [0.5, 0.6) is 0 Å². The topological polar surface area (TPSA) is 95.9 Å². The molecule has 3 N–H and O–H groups in total. The van der Waals surface area contributed by atoms with E-state index in [0.29, 0.717) is 19.4 Å². The number of carbonyl (C=O) groups is 2. The van der Waals surface area contributed by atoms with E-state index in [-0.39, 0.29) is 18.5 Å². The van der Waals surface area contributed by atoms with Crippen molar-refractivity contribution in [1.29, 1.82) is 0 Å². The lowest BCUT2D eigenvalue weighted by Gasteiger charge is -2.20. The third-order valence-corrected chi connectivity index (χ3v) is 17.0. The number of nitrogens with one attached hydrogen (secondary N) is 1. The minimum atomic E-state index is -0.842. The molecule has 0 saturated carbocycles. The number of rotatable bonds is 69. The minimum Gasteiger partial charge on any atom is -0.466 e. The van der Waals surface area contributed by atoms with E-state index >= 15 is 0 Å². The quantitative estimate of drug-likeness (QED) is 0.0320. The molecular formula is C77H143NO5. The van der Waals surface area contributed by atoms with E-state index in [0.717, 1.165) is 57.8 Å². The van der Waals surface area contributed by atoms with Gasteiger partial charge in [0.1, 0.15) is 0 Å². The van der Waals surface area contributed by atoms with Gasteiger partial charge < -0.3 is 20.3 Å². The Morgan fingerprint density at radius 1 is 0.337 bits per heavy atom. The van der Waals surface area contributed by atoms with Crippen molar-refractivity contribution in [3.8, 4) is 0 Å². The first kappa shape index (κ1) is 80.6. The third-order valence-electron chi connectivity index (χ3n) is 17.0. The predicted octanol–water partition coefficient (Wildman–Crippen LogP) is 24.2. The lowest BCUT2D eigenvalue weighted by Crippen LogP contribution is -2.45. The molecule has 0 saturated heterocycles. The van der Waals surface area contributed by atoms with Crippen molar-refractivity contribution in [2.45, 2.75) is 405 Å². The third kappa shape index (κ3) is 68.5. The first-order valence-electron chi connectivity index (χ1n) is 37.1. The Hall–Kier alpha value is -2.44. The van der Waals surface area contributed by atoms with Crippen LogP contribution in [-0.2, 0) is 14.3 Å². The molecule has 1 amide bonds. The number of hydrogen-bond donors (Lipinski definition) is 3. The Morgan fingerprint density at radius 3 is 0.928 bits per heavy atom. The van der Waals surface area contributed by atoms with Gasteiger partial charge in [0.15, 0.2) is 0 Å². The monoisotopic (exact) mass is 1160 g/mol. The van der Waals surface area contributed by atoms with Gasteiger partial charge in [-0.3, -0.25) is 9.59 Å². The Balaban J connectivity index is 3.36. The van der Waals surface area contributed by atoms with Crippen molar-refractivity contribution in [2.24, 2.45) is 0 Å². The van der Waals surface area contributed by atoms with Crippen molar-refractivity contribution in [3.05, 3.63) is 60.8 Å². The van der Waals surface area contributed by atoms with E-state index in [1.165, 1.54) is 308 Å². The van der Waals surface area contributed by atoms with Crippen LogP contribution >= 0.6 is 0 Å². The molecule has 6 nitrogen and oxygen atoms in total. The maximum atomic E-state index is 12.4. The molecule has 0 spiro atoms. The molecule has 0 aromatic carbocycles. The second-order valence-corrected chi connectivity index (χ2v) is 25.3. The van der Waals surface area contributed by atoms with Crippen LogP contribution in [0.1, 0.15) is 393 Å². The molecule has 6 heteroatoms. The van der Waals surface area contributed by atoms with E-state index < -0.39 is 12.1 Å². The van der Waals surface area contributed by atoms with Gasteiger partial charge in [-0.1, -0.05) is 344 Å². The number of aliphatic hydroxyl groups excluding tert-OH is 2. The molecule has 0 aromatic heterocycles. The fourth-order valence-corrected chi connectivity index (χ4v) is 11.3. The summed E-state index contributed by atoms with van der Waals surface area (Å²) < 4.78 is 5.50. The van der Waals surface area contributed by atoms with Crippen molar-refractivity contribution in [2.75, 3.05) is 13.2 Å². The van der Waals surface area contributed by atoms with E-state index in [1.54, 1.807) is 6.08 Å². The van der Waals surface area contributed by atoms with Gasteiger partial charge in [0.25, 0.3) is 0 Å². The number of allylic oxidation sites excluding steroid dienone is 9. The summed E-state index contributed by atoms with van der Waals surface area (Å²) in [4.78, 5) is 24.5. The van der Waals surface area contributed by atoms with Crippen LogP contribution in [-0.4, -0.2) is 47.4 Å². The van der Waals surface area contributed by atoms with Gasteiger partial charge >= 0.3 is 5.97 Å². The number of hydrogen-bond acceptors (Lipinski definition) is 5. The summed E-state index contributed by atoms with van der Waals surface area (Å²) in [5, 5.41) is 23.1. The molecule has 0 heterocycles. The molecule has 0 aromatic rings. The van der Waals surface area contributed by atoms with Crippen LogP contribution in [0, 0.1) is 0 Å². The predicted molar refractivity (Wildman–Crippen MR) is 365 cm³/mol. The summed E-state index contributed by atoms with van der Waals surface area (Å²) in [6, 6.07) is -0.625. The number of aliphatic hydroxyl groups is 2. The largest absolute Gasteiger partial charge is 0.466 e.